The highest BCUT2D eigenvalue weighted by Gasteiger charge is 2.39. The number of benzene rings is 1. The fraction of sp³-hybridized carbons (Fsp3) is 0.588. The summed E-state index contributed by atoms with van der Waals surface area (Å²) in [6, 6.07) is 7.44. The highest BCUT2D eigenvalue weighted by Crippen LogP contribution is 2.34. The van der Waals surface area contributed by atoms with E-state index in [4.69, 9.17) is 9.47 Å². The number of carbonyl (C=O) groups excluding carboxylic acids is 1. The number of carbonyl (C=O) groups is 1. The van der Waals surface area contributed by atoms with Crippen molar-refractivity contribution in [3.63, 3.8) is 0 Å². The van der Waals surface area contributed by atoms with Crippen LogP contribution >= 0.6 is 0 Å². The van der Waals surface area contributed by atoms with Crippen LogP contribution in [-0.2, 0) is 4.74 Å². The zero-order valence-corrected chi connectivity index (χ0v) is 12.6. The maximum absolute atomic E-state index is 12.8. The number of hydrogen-bond acceptors (Lipinski definition) is 3. The minimum atomic E-state index is -0.630. The van der Waals surface area contributed by atoms with Crippen LogP contribution in [-0.4, -0.2) is 24.6 Å². The normalized spacial score (nSPS) is 18.0. The maximum Gasteiger partial charge on any atom is 0.194 e. The number of hydrogen-bond donors (Lipinski definition) is 0. The summed E-state index contributed by atoms with van der Waals surface area (Å²) in [5.74, 6) is 0.835. The molecular weight excluding hydrogens is 252 g/mol. The Labute approximate surface area is 121 Å². The molecule has 3 heteroatoms. The van der Waals surface area contributed by atoms with E-state index in [1.165, 1.54) is 6.42 Å². The second-order valence-electron chi connectivity index (χ2n) is 5.78. The average molecular weight is 276 g/mol. The van der Waals surface area contributed by atoms with Crippen LogP contribution in [0.25, 0.3) is 0 Å². The van der Waals surface area contributed by atoms with E-state index in [2.05, 4.69) is 0 Å². The van der Waals surface area contributed by atoms with Crippen LogP contribution in [0.1, 0.15) is 56.3 Å². The number of Topliss-reactive ketones (excluding diaryl/α,β-unsaturated/α-hetero) is 1. The first-order valence-corrected chi connectivity index (χ1v) is 7.44. The van der Waals surface area contributed by atoms with Crippen molar-refractivity contribution in [3.8, 4) is 5.75 Å². The highest BCUT2D eigenvalue weighted by molar-refractivity contribution is 6.02. The van der Waals surface area contributed by atoms with E-state index in [1.54, 1.807) is 7.11 Å². The van der Waals surface area contributed by atoms with Crippen LogP contribution in [0.3, 0.4) is 0 Å². The second kappa shape index (κ2) is 6.40. The molecule has 3 nitrogen and oxygen atoms in total. The molecule has 1 saturated carbocycles. The lowest BCUT2D eigenvalue weighted by atomic mass is 9.79. The molecule has 0 saturated heterocycles. The molecule has 0 aromatic heterocycles. The van der Waals surface area contributed by atoms with Crippen molar-refractivity contribution >= 4 is 5.78 Å². The Morgan fingerprint density at radius 2 is 1.90 bits per heavy atom. The minimum Gasteiger partial charge on any atom is -0.491 e. The number of ketones is 1. The topological polar surface area (TPSA) is 35.5 Å². The van der Waals surface area contributed by atoms with Gasteiger partial charge in [-0.1, -0.05) is 31.4 Å². The minimum absolute atomic E-state index is 0.0916. The first-order chi connectivity index (χ1) is 9.57. The molecule has 1 aliphatic carbocycles. The average Bonchev–Trinajstić information content (AvgIpc) is 2.47. The fourth-order valence-corrected chi connectivity index (χ4v) is 2.89. The fourth-order valence-electron chi connectivity index (χ4n) is 2.89. The summed E-state index contributed by atoms with van der Waals surface area (Å²) >= 11 is 0. The third-order valence-electron chi connectivity index (χ3n) is 3.93. The maximum atomic E-state index is 12.8. The Hall–Kier alpha value is -1.35. The number of methoxy groups -OCH3 is 1. The molecule has 0 N–H and O–H groups in total. The lowest BCUT2D eigenvalue weighted by Crippen LogP contribution is -2.42. The molecule has 0 unspecified atom stereocenters. The van der Waals surface area contributed by atoms with Gasteiger partial charge in [0.2, 0.25) is 0 Å². The van der Waals surface area contributed by atoms with Gasteiger partial charge in [0, 0.05) is 12.7 Å². The van der Waals surface area contributed by atoms with Crippen molar-refractivity contribution in [2.45, 2.75) is 57.7 Å². The van der Waals surface area contributed by atoms with Crippen LogP contribution in [0.4, 0.5) is 0 Å². The van der Waals surface area contributed by atoms with Gasteiger partial charge < -0.3 is 9.47 Å². The molecule has 20 heavy (non-hydrogen) atoms. The second-order valence-corrected chi connectivity index (χ2v) is 5.78. The Bertz CT molecular complexity index is 459. The Kier molecular flexibility index (Phi) is 4.81. The summed E-state index contributed by atoms with van der Waals surface area (Å²) in [6.07, 6.45) is 5.04. The summed E-state index contributed by atoms with van der Waals surface area (Å²) in [6.45, 7) is 3.96. The van der Waals surface area contributed by atoms with Gasteiger partial charge in [-0.3, -0.25) is 4.79 Å². The molecule has 0 aliphatic heterocycles. The quantitative estimate of drug-likeness (QED) is 0.762. The summed E-state index contributed by atoms with van der Waals surface area (Å²) in [4.78, 5) is 12.8. The van der Waals surface area contributed by atoms with Gasteiger partial charge in [0.15, 0.2) is 5.78 Å². The van der Waals surface area contributed by atoms with E-state index in [9.17, 15) is 4.79 Å². The molecule has 0 amide bonds. The predicted octanol–water partition coefficient (Wildman–Crippen LogP) is 4.01. The standard InChI is InChI=1S/C17H24O3/c1-13(2)20-15-9-7-8-14(12-15)16(18)17(19-3)10-5-4-6-11-17/h7-9,12-13H,4-6,10-11H2,1-3H3. The van der Waals surface area contributed by atoms with E-state index >= 15 is 0 Å². The van der Waals surface area contributed by atoms with Gasteiger partial charge >= 0.3 is 0 Å². The van der Waals surface area contributed by atoms with E-state index < -0.39 is 5.60 Å². The van der Waals surface area contributed by atoms with Crippen LogP contribution in [0.5, 0.6) is 5.75 Å². The number of rotatable bonds is 5. The van der Waals surface area contributed by atoms with Crippen molar-refractivity contribution in [2.75, 3.05) is 7.11 Å². The first kappa shape index (κ1) is 15.0. The molecule has 0 atom stereocenters. The molecule has 1 fully saturated rings. The van der Waals surface area contributed by atoms with Gasteiger partial charge in [-0.15, -0.1) is 0 Å². The molecular formula is C17H24O3. The number of ether oxygens (including phenoxy) is 2. The SMILES string of the molecule is COC1(C(=O)c2cccc(OC(C)C)c2)CCCCC1. The zero-order chi connectivity index (χ0) is 14.6. The van der Waals surface area contributed by atoms with Crippen LogP contribution < -0.4 is 4.74 Å². The van der Waals surface area contributed by atoms with Crippen molar-refractivity contribution in [3.05, 3.63) is 29.8 Å². The Morgan fingerprint density at radius 3 is 2.50 bits per heavy atom. The Balaban J connectivity index is 2.23. The molecule has 0 heterocycles. The monoisotopic (exact) mass is 276 g/mol. The molecule has 0 radical (unpaired) electrons. The van der Waals surface area contributed by atoms with E-state index in [1.807, 2.05) is 38.1 Å². The molecule has 1 aromatic carbocycles. The molecule has 0 spiro atoms. The van der Waals surface area contributed by atoms with Gasteiger partial charge in [-0.05, 0) is 38.8 Å². The van der Waals surface area contributed by atoms with Gasteiger partial charge in [0.05, 0.1) is 6.10 Å². The van der Waals surface area contributed by atoms with Crippen molar-refractivity contribution < 1.29 is 14.3 Å². The molecule has 2 rings (SSSR count). The third kappa shape index (κ3) is 3.21. The summed E-state index contributed by atoms with van der Waals surface area (Å²) in [5.41, 5.74) is 0.0567. The molecule has 110 valence electrons. The van der Waals surface area contributed by atoms with Crippen molar-refractivity contribution in [1.29, 1.82) is 0 Å². The molecule has 1 aromatic rings. The molecule has 1 aliphatic rings. The lowest BCUT2D eigenvalue weighted by molar-refractivity contribution is -0.0194. The molecule has 0 bridgehead atoms. The third-order valence-corrected chi connectivity index (χ3v) is 3.93. The van der Waals surface area contributed by atoms with Crippen LogP contribution in [0.2, 0.25) is 0 Å². The zero-order valence-electron chi connectivity index (χ0n) is 12.6. The van der Waals surface area contributed by atoms with Crippen LogP contribution in [0.15, 0.2) is 24.3 Å². The largest absolute Gasteiger partial charge is 0.491 e. The van der Waals surface area contributed by atoms with E-state index in [0.29, 0.717) is 5.56 Å². The highest BCUT2D eigenvalue weighted by atomic mass is 16.5. The van der Waals surface area contributed by atoms with E-state index in [0.717, 1.165) is 31.4 Å². The summed E-state index contributed by atoms with van der Waals surface area (Å²) in [5, 5.41) is 0. The van der Waals surface area contributed by atoms with Crippen molar-refractivity contribution in [1.82, 2.24) is 0 Å². The van der Waals surface area contributed by atoms with Crippen LogP contribution in [0, 0.1) is 0 Å². The smallest absolute Gasteiger partial charge is 0.194 e. The summed E-state index contributed by atoms with van der Waals surface area (Å²) < 4.78 is 11.3. The van der Waals surface area contributed by atoms with Gasteiger partial charge in [0.25, 0.3) is 0 Å². The van der Waals surface area contributed by atoms with Gasteiger partial charge in [0.1, 0.15) is 11.4 Å². The van der Waals surface area contributed by atoms with Crippen molar-refractivity contribution in [2.24, 2.45) is 0 Å². The van der Waals surface area contributed by atoms with E-state index in [-0.39, 0.29) is 11.9 Å². The first-order valence-electron chi connectivity index (χ1n) is 7.44. The lowest BCUT2D eigenvalue weighted by Gasteiger charge is -2.34. The van der Waals surface area contributed by atoms with Gasteiger partial charge in [-0.2, -0.15) is 0 Å². The van der Waals surface area contributed by atoms with Gasteiger partial charge in [-0.25, -0.2) is 0 Å². The Morgan fingerprint density at radius 1 is 1.20 bits per heavy atom. The summed E-state index contributed by atoms with van der Waals surface area (Å²) in [7, 11) is 1.65. The predicted molar refractivity (Wildman–Crippen MR) is 79.4 cm³/mol.